The van der Waals surface area contributed by atoms with Gasteiger partial charge in [0, 0.05) is 42.5 Å². The third-order valence-corrected chi connectivity index (χ3v) is 16.5. The van der Waals surface area contributed by atoms with Gasteiger partial charge >= 0.3 is 5.97 Å². The van der Waals surface area contributed by atoms with E-state index in [0.717, 1.165) is 34.3 Å². The normalized spacial score (nSPS) is 40.6. The Morgan fingerprint density at radius 3 is 2.34 bits per heavy atom. The maximum atomic E-state index is 14.5. The van der Waals surface area contributed by atoms with Crippen LogP contribution in [0.1, 0.15) is 125 Å². The molecule has 4 aliphatic rings. The molecule has 0 radical (unpaired) electrons. The molecule has 1 aromatic heterocycles. The smallest absolute Gasteiger partial charge is 0.311 e. The predicted octanol–water partition coefficient (Wildman–Crippen LogP) is 4.34. The molecule has 6 rings (SSSR count). The molecule has 73 heavy (non-hydrogen) atoms. The molecule has 0 saturated carbocycles. The number of nitrogens with one attached hydrogen (secondary N) is 1. The second-order valence-corrected chi connectivity index (χ2v) is 23.2. The second kappa shape index (κ2) is 25.1. The Bertz CT molecular complexity index is 2100. The Hall–Kier alpha value is -2.90. The van der Waals surface area contributed by atoms with Crippen LogP contribution in [-0.4, -0.2) is 193 Å². The Morgan fingerprint density at radius 2 is 1.67 bits per heavy atom. The molecule has 6 N–H and O–H groups in total. The van der Waals surface area contributed by atoms with Gasteiger partial charge in [-0.1, -0.05) is 54.0 Å². The average molecular weight is 1100 g/mol. The summed E-state index contributed by atoms with van der Waals surface area (Å²) >= 11 is 3.47. The molecule has 3 saturated heterocycles. The number of methoxy groups -OCH3 is 1. The van der Waals surface area contributed by atoms with Crippen molar-refractivity contribution in [3.8, 4) is 0 Å². The third kappa shape index (κ3) is 14.4. The van der Waals surface area contributed by atoms with Gasteiger partial charge in [-0.25, -0.2) is 0 Å². The molecule has 19 atom stereocenters. The fourth-order valence-corrected chi connectivity index (χ4v) is 11.6. The standard InChI is InChI=1S/C52H86BrN7O13/c1-14-40-52(10,66)45(62)33(6)59(12)27-29(2)25-50(8,65)47(31(4)44(32(5)48(64)70-40)71-42-26-51(9,67-13)46(63)34(7)69-42)72-49-43(61)39(23-30(3)68-49)58(11)22-16-15-17-37-28-60(57-54-37)55-41-24-38(56-73-41)35-18-20-36(53)21-19-35/h18-21,28-34,39-47,49,55,61-63,65-66H,14-17,22-27H2,1-13H3/t29-,30-,31+,32-,33-,34+,39+,40-,41-,42+,43-,44+,45-,46+,47-,49+,50-,51-,52-/m1/s1. The summed E-state index contributed by atoms with van der Waals surface area (Å²) in [6, 6.07) is 6.98. The van der Waals surface area contributed by atoms with Crippen LogP contribution in [0.2, 0.25) is 0 Å². The first-order valence-electron chi connectivity index (χ1n) is 26.2. The Kier molecular flexibility index (Phi) is 20.4. The molecule has 20 nitrogen and oxygen atoms in total. The number of cyclic esters (lactones) is 1. The molecular formula is C52H86BrN7O13. The lowest BCUT2D eigenvalue weighted by Crippen LogP contribution is -2.60. The molecule has 0 spiro atoms. The lowest BCUT2D eigenvalue weighted by Gasteiger charge is -2.49. The molecule has 4 aliphatic heterocycles. The number of aliphatic hydroxyl groups excluding tert-OH is 3. The van der Waals surface area contributed by atoms with Crippen LogP contribution >= 0.6 is 15.9 Å². The van der Waals surface area contributed by atoms with Gasteiger partial charge in [0.05, 0.1) is 65.6 Å². The molecule has 1 aromatic carbocycles. The SMILES string of the molecule is CC[C@H]1OC(=O)[C@H](C)[C@@H](O[C@H]2C[C@@](C)(OC)[C@@H](O)[C@H](C)O2)[C@H](C)[C@@H](O[C@@H]2O[C@H](C)C[C@H](N(C)CCCCc3cn(N[C@H]4CC(c5ccc(Br)cc5)=NO4)nn3)[C@H]2O)[C@](C)(O)C[C@@H](C)CN(C)[C@H](C)[C@@H](O)[C@]1(C)O. The Balaban J connectivity index is 1.18. The monoisotopic (exact) mass is 1100 g/mol. The number of unbranched alkanes of at least 4 members (excludes halogenated alkanes) is 1. The Morgan fingerprint density at radius 1 is 0.973 bits per heavy atom. The van der Waals surface area contributed by atoms with Gasteiger partial charge in [0.15, 0.2) is 12.6 Å². The van der Waals surface area contributed by atoms with E-state index in [1.165, 1.54) is 14.0 Å². The van der Waals surface area contributed by atoms with E-state index in [-0.39, 0.29) is 43.6 Å². The summed E-state index contributed by atoms with van der Waals surface area (Å²) in [6.45, 7) is 18.7. The van der Waals surface area contributed by atoms with Crippen LogP contribution in [0.4, 0.5) is 0 Å². The predicted molar refractivity (Wildman–Crippen MR) is 276 cm³/mol. The summed E-state index contributed by atoms with van der Waals surface area (Å²) < 4.78 is 39.3. The number of hydrogen-bond donors (Lipinski definition) is 6. The van der Waals surface area contributed by atoms with Crippen LogP contribution in [0.25, 0.3) is 0 Å². The van der Waals surface area contributed by atoms with E-state index in [2.05, 4.69) is 41.7 Å². The molecule has 3 fully saturated rings. The minimum atomic E-state index is -1.83. The lowest BCUT2D eigenvalue weighted by molar-refractivity contribution is -0.318. The highest BCUT2D eigenvalue weighted by Crippen LogP contribution is 2.40. The number of oxime groups is 1. The molecule has 2 aromatic rings. The first-order valence-corrected chi connectivity index (χ1v) is 27.0. The summed E-state index contributed by atoms with van der Waals surface area (Å²) in [7, 11) is 5.33. The first kappa shape index (κ1) is 59.3. The number of halogens is 1. The van der Waals surface area contributed by atoms with Crippen LogP contribution < -0.4 is 5.43 Å². The molecular weight excluding hydrogens is 1010 g/mol. The van der Waals surface area contributed by atoms with Gasteiger partial charge in [0.2, 0.25) is 6.23 Å². The Labute approximate surface area is 440 Å². The number of rotatable bonds is 15. The second-order valence-electron chi connectivity index (χ2n) is 22.3. The van der Waals surface area contributed by atoms with Crippen molar-refractivity contribution in [1.29, 1.82) is 0 Å². The van der Waals surface area contributed by atoms with Crippen molar-refractivity contribution < 1.29 is 63.6 Å². The molecule has 21 heteroatoms. The van der Waals surface area contributed by atoms with Crippen molar-refractivity contribution in [2.75, 3.05) is 39.7 Å². The number of benzene rings is 1. The van der Waals surface area contributed by atoms with E-state index in [9.17, 15) is 30.3 Å². The average Bonchev–Trinajstić information content (AvgIpc) is 4.01. The minimum Gasteiger partial charge on any atom is -0.459 e. The van der Waals surface area contributed by atoms with Crippen LogP contribution in [0.15, 0.2) is 40.1 Å². The zero-order valence-corrected chi connectivity index (χ0v) is 46.8. The largest absolute Gasteiger partial charge is 0.459 e. The van der Waals surface area contributed by atoms with E-state index in [4.69, 9.17) is 33.3 Å². The topological polar surface area (TPSA) is 244 Å². The molecule has 0 amide bonds. The summed E-state index contributed by atoms with van der Waals surface area (Å²) in [5, 5.41) is 72.5. The number of carbonyl (C=O) groups is 1. The highest BCUT2D eigenvalue weighted by molar-refractivity contribution is 9.10. The summed E-state index contributed by atoms with van der Waals surface area (Å²) in [5.74, 6) is -2.75. The molecule has 5 heterocycles. The summed E-state index contributed by atoms with van der Waals surface area (Å²) in [6.07, 6.45) is -4.52. The van der Waals surface area contributed by atoms with Crippen LogP contribution in [0, 0.1) is 17.8 Å². The quantitative estimate of drug-likeness (QED) is 0.107. The molecule has 0 bridgehead atoms. The van der Waals surface area contributed by atoms with E-state index < -0.39 is 96.0 Å². The van der Waals surface area contributed by atoms with Crippen molar-refractivity contribution in [3.05, 3.63) is 46.2 Å². The van der Waals surface area contributed by atoms with E-state index in [1.54, 1.807) is 46.3 Å². The number of aromatic nitrogens is 3. The van der Waals surface area contributed by atoms with E-state index >= 15 is 0 Å². The fraction of sp³-hybridized carbons (Fsp3) is 0.808. The van der Waals surface area contributed by atoms with Crippen molar-refractivity contribution in [1.82, 2.24) is 24.9 Å². The molecule has 0 aliphatic carbocycles. The van der Waals surface area contributed by atoms with Gasteiger partial charge < -0.3 is 68.6 Å². The third-order valence-electron chi connectivity index (χ3n) is 16.0. The maximum absolute atomic E-state index is 14.5. The van der Waals surface area contributed by atoms with Crippen molar-refractivity contribution in [2.45, 2.75) is 217 Å². The zero-order valence-electron chi connectivity index (χ0n) is 45.3. The number of hydrogen-bond acceptors (Lipinski definition) is 19. The van der Waals surface area contributed by atoms with Gasteiger partial charge in [0.25, 0.3) is 0 Å². The van der Waals surface area contributed by atoms with Gasteiger partial charge in [-0.3, -0.25) is 10.2 Å². The van der Waals surface area contributed by atoms with Crippen molar-refractivity contribution >= 4 is 27.6 Å². The molecule has 0 unspecified atom stereocenters. The zero-order chi connectivity index (χ0) is 53.7. The van der Waals surface area contributed by atoms with E-state index in [0.29, 0.717) is 32.4 Å². The number of aliphatic hydroxyl groups is 5. The number of ether oxygens (including phenoxy) is 6. The van der Waals surface area contributed by atoms with Gasteiger partial charge in [-0.2, -0.15) is 4.79 Å². The van der Waals surface area contributed by atoms with Crippen LogP contribution in [0.3, 0.4) is 0 Å². The number of likely N-dealkylation sites (N-methyl/N-ethyl adjacent to an activating group) is 2. The van der Waals surface area contributed by atoms with Crippen LogP contribution in [-0.2, 0) is 44.5 Å². The number of carbonyl (C=O) groups excluding carboxylic acids is 1. The van der Waals surface area contributed by atoms with Crippen molar-refractivity contribution in [3.63, 3.8) is 0 Å². The highest BCUT2D eigenvalue weighted by atomic mass is 79.9. The van der Waals surface area contributed by atoms with Gasteiger partial charge in [0.1, 0.15) is 30.0 Å². The fourth-order valence-electron chi connectivity index (χ4n) is 11.4. The van der Waals surface area contributed by atoms with E-state index in [1.807, 2.05) is 70.2 Å². The van der Waals surface area contributed by atoms with Crippen molar-refractivity contribution in [2.24, 2.45) is 22.9 Å². The highest BCUT2D eigenvalue weighted by Gasteiger charge is 2.53. The minimum absolute atomic E-state index is 0.107. The first-order chi connectivity index (χ1) is 34.3. The summed E-state index contributed by atoms with van der Waals surface area (Å²) in [4.78, 5) is 25.7. The maximum Gasteiger partial charge on any atom is 0.311 e. The lowest BCUT2D eigenvalue weighted by atomic mass is 9.77. The summed E-state index contributed by atoms with van der Waals surface area (Å²) in [5.41, 5.74) is 1.35. The number of esters is 1. The van der Waals surface area contributed by atoms with Crippen LogP contribution in [0.5, 0.6) is 0 Å². The molecule has 414 valence electrons. The number of nitrogens with zero attached hydrogens (tertiary/aromatic N) is 6. The van der Waals surface area contributed by atoms with Gasteiger partial charge in [-0.05, 0) is 136 Å². The van der Waals surface area contributed by atoms with Gasteiger partial charge in [-0.15, -0.1) is 5.10 Å². The number of aryl methyl sites for hydroxylation is 1.